The summed E-state index contributed by atoms with van der Waals surface area (Å²) in [6.07, 6.45) is 8.11. The van der Waals surface area contributed by atoms with Gasteiger partial charge in [-0.05, 0) is 75.2 Å². The number of hydrogen-bond acceptors (Lipinski definition) is 5. The Morgan fingerprint density at radius 1 is 0.889 bits per heavy atom. The van der Waals surface area contributed by atoms with Crippen LogP contribution in [-0.4, -0.2) is 33.0 Å². The zero-order valence-electron chi connectivity index (χ0n) is 19.8. The summed E-state index contributed by atoms with van der Waals surface area (Å²) in [6.45, 7) is 2.02. The summed E-state index contributed by atoms with van der Waals surface area (Å²) in [7, 11) is 0. The van der Waals surface area contributed by atoms with Gasteiger partial charge in [-0.15, -0.1) is 0 Å². The predicted octanol–water partition coefficient (Wildman–Crippen LogP) is 5.87. The number of halogens is 1. The molecule has 182 valence electrons. The highest BCUT2D eigenvalue weighted by Crippen LogP contribution is 2.34. The third kappa shape index (κ3) is 3.83. The molecular weight excluding hydrogens is 455 g/mol. The van der Waals surface area contributed by atoms with Crippen LogP contribution in [-0.2, 0) is 0 Å². The number of furan rings is 1. The molecule has 4 N–H and O–H groups in total. The second-order valence-electron chi connectivity index (χ2n) is 9.71. The van der Waals surface area contributed by atoms with Gasteiger partial charge in [-0.1, -0.05) is 6.07 Å². The third-order valence-corrected chi connectivity index (χ3v) is 7.33. The van der Waals surface area contributed by atoms with Crippen molar-refractivity contribution in [2.24, 2.45) is 0 Å². The van der Waals surface area contributed by atoms with E-state index in [0.717, 1.165) is 66.2 Å². The Bertz CT molecular complexity index is 1540. The fourth-order valence-electron chi connectivity index (χ4n) is 5.38. The number of fused-ring (bicyclic) bond motifs is 1. The second kappa shape index (κ2) is 8.72. The second-order valence-corrected chi connectivity index (χ2v) is 9.71. The number of imidazole rings is 2. The van der Waals surface area contributed by atoms with E-state index in [0.29, 0.717) is 28.6 Å². The van der Waals surface area contributed by atoms with Crippen LogP contribution in [0.4, 0.5) is 4.39 Å². The molecule has 2 aliphatic rings. The Labute approximate surface area is 207 Å². The highest BCUT2D eigenvalue weighted by molar-refractivity contribution is 5.87. The molecule has 7 rings (SSSR count). The molecule has 0 saturated carbocycles. The molecule has 0 aliphatic carbocycles. The van der Waals surface area contributed by atoms with Gasteiger partial charge in [0.25, 0.3) is 0 Å². The number of benzene rings is 2. The Hall–Kier alpha value is -3.75. The van der Waals surface area contributed by atoms with Crippen LogP contribution >= 0.6 is 0 Å². The van der Waals surface area contributed by atoms with Crippen molar-refractivity contribution in [3.05, 3.63) is 72.3 Å². The fraction of sp³-hybridized carbons (Fsp3) is 0.286. The van der Waals surface area contributed by atoms with Crippen LogP contribution in [0.5, 0.6) is 0 Å². The maximum absolute atomic E-state index is 15.2. The normalized spacial score (nSPS) is 20.0. The van der Waals surface area contributed by atoms with Gasteiger partial charge < -0.3 is 25.0 Å². The van der Waals surface area contributed by atoms with Crippen molar-refractivity contribution < 1.29 is 8.81 Å². The van der Waals surface area contributed by atoms with E-state index in [-0.39, 0.29) is 11.9 Å². The van der Waals surface area contributed by atoms with Gasteiger partial charge in [0.15, 0.2) is 0 Å². The van der Waals surface area contributed by atoms with E-state index in [4.69, 9.17) is 4.42 Å². The first-order chi connectivity index (χ1) is 17.7. The minimum absolute atomic E-state index is 0.217. The zero-order chi connectivity index (χ0) is 24.1. The molecule has 2 saturated heterocycles. The third-order valence-electron chi connectivity index (χ3n) is 7.33. The molecule has 0 bridgehead atoms. The van der Waals surface area contributed by atoms with E-state index in [2.05, 4.69) is 36.6 Å². The maximum Gasteiger partial charge on any atom is 0.135 e. The van der Waals surface area contributed by atoms with Crippen molar-refractivity contribution in [1.29, 1.82) is 0 Å². The average Bonchev–Trinajstić information content (AvgIpc) is 3.73. The van der Waals surface area contributed by atoms with Crippen LogP contribution in [0.1, 0.15) is 49.4 Å². The monoisotopic (exact) mass is 482 g/mol. The number of H-pyrrole nitrogens is 2. The largest absolute Gasteiger partial charge is 0.456 e. The SMILES string of the molecule is Fc1cc(-c2cc3cc(-c4cnc(C5CCCN5)[nH]4)ccc3o2)ccc1-c1c[nH]c([C@@H]2CCCN2)n1. The molecule has 2 atom stereocenters. The molecule has 0 radical (unpaired) electrons. The van der Waals surface area contributed by atoms with Crippen LogP contribution < -0.4 is 10.6 Å². The summed E-state index contributed by atoms with van der Waals surface area (Å²) >= 11 is 0. The van der Waals surface area contributed by atoms with Crippen molar-refractivity contribution in [2.75, 3.05) is 13.1 Å². The number of aromatic amines is 2. The van der Waals surface area contributed by atoms with E-state index in [1.54, 1.807) is 12.3 Å². The summed E-state index contributed by atoms with van der Waals surface area (Å²) in [5, 5.41) is 7.85. The minimum atomic E-state index is -0.323. The first-order valence-corrected chi connectivity index (χ1v) is 12.6. The van der Waals surface area contributed by atoms with Crippen molar-refractivity contribution in [3.8, 4) is 33.8 Å². The fourth-order valence-corrected chi connectivity index (χ4v) is 5.38. The van der Waals surface area contributed by atoms with Gasteiger partial charge in [-0.25, -0.2) is 14.4 Å². The zero-order valence-corrected chi connectivity index (χ0v) is 19.8. The van der Waals surface area contributed by atoms with Gasteiger partial charge in [-0.3, -0.25) is 0 Å². The average molecular weight is 483 g/mol. The van der Waals surface area contributed by atoms with Gasteiger partial charge in [0.1, 0.15) is 28.8 Å². The summed E-state index contributed by atoms with van der Waals surface area (Å²) in [6, 6.07) is 13.7. The van der Waals surface area contributed by atoms with E-state index in [1.807, 2.05) is 30.5 Å². The molecular formula is C28H27FN6O. The van der Waals surface area contributed by atoms with Crippen LogP contribution in [0.15, 0.2) is 59.3 Å². The van der Waals surface area contributed by atoms with E-state index in [9.17, 15) is 0 Å². The van der Waals surface area contributed by atoms with E-state index < -0.39 is 0 Å². The smallest absolute Gasteiger partial charge is 0.135 e. The molecule has 1 unspecified atom stereocenters. The van der Waals surface area contributed by atoms with Crippen LogP contribution in [0, 0.1) is 5.82 Å². The minimum Gasteiger partial charge on any atom is -0.456 e. The van der Waals surface area contributed by atoms with Crippen molar-refractivity contribution in [2.45, 2.75) is 37.8 Å². The highest BCUT2D eigenvalue weighted by atomic mass is 19.1. The lowest BCUT2D eigenvalue weighted by Gasteiger charge is -2.05. The number of aromatic nitrogens is 4. The highest BCUT2D eigenvalue weighted by Gasteiger charge is 2.21. The lowest BCUT2D eigenvalue weighted by molar-refractivity contribution is 0.611. The number of rotatable bonds is 5. The molecule has 2 aromatic carbocycles. The summed E-state index contributed by atoms with van der Waals surface area (Å²) in [5.41, 5.74) is 4.56. The molecule has 5 aromatic rings. The standard InChI is InChI=1S/C28H27FN6O/c29-20-12-17(5-7-19(20)24-15-33-28(35-24)22-4-2-10-31-22)26-13-18-11-16(6-8-25(18)36-26)23-14-32-27(34-23)21-3-1-9-30-21/h5-8,11-15,21-22,30-31H,1-4,9-10H2,(H,32,34)(H,33,35)/t21?,22-/m0/s1. The predicted molar refractivity (Wildman–Crippen MR) is 137 cm³/mol. The molecule has 36 heavy (non-hydrogen) atoms. The molecule has 3 aromatic heterocycles. The summed E-state index contributed by atoms with van der Waals surface area (Å²) < 4.78 is 21.2. The van der Waals surface area contributed by atoms with Crippen molar-refractivity contribution in [1.82, 2.24) is 30.6 Å². The first-order valence-electron chi connectivity index (χ1n) is 12.6. The Morgan fingerprint density at radius 3 is 2.47 bits per heavy atom. The number of hydrogen-bond donors (Lipinski definition) is 4. The Morgan fingerprint density at radius 2 is 1.69 bits per heavy atom. The van der Waals surface area contributed by atoms with Gasteiger partial charge in [0, 0.05) is 28.3 Å². The van der Waals surface area contributed by atoms with Crippen molar-refractivity contribution in [3.63, 3.8) is 0 Å². The van der Waals surface area contributed by atoms with Gasteiger partial charge in [0.05, 0.1) is 29.7 Å². The Kier molecular flexibility index (Phi) is 5.22. The van der Waals surface area contributed by atoms with E-state index >= 15 is 4.39 Å². The summed E-state index contributed by atoms with van der Waals surface area (Å²) in [4.78, 5) is 15.9. The summed E-state index contributed by atoms with van der Waals surface area (Å²) in [5.74, 6) is 2.15. The lowest BCUT2D eigenvalue weighted by Crippen LogP contribution is -2.14. The molecule has 0 spiro atoms. The van der Waals surface area contributed by atoms with Gasteiger partial charge >= 0.3 is 0 Å². The first kappa shape index (κ1) is 21.5. The number of nitrogens with one attached hydrogen (secondary N) is 4. The Balaban J connectivity index is 1.15. The molecule has 2 aliphatic heterocycles. The molecule has 7 nitrogen and oxygen atoms in total. The van der Waals surface area contributed by atoms with Crippen LogP contribution in [0.3, 0.4) is 0 Å². The van der Waals surface area contributed by atoms with Gasteiger partial charge in [0.2, 0.25) is 0 Å². The van der Waals surface area contributed by atoms with Crippen molar-refractivity contribution >= 4 is 11.0 Å². The van der Waals surface area contributed by atoms with Crippen LogP contribution in [0.25, 0.3) is 44.8 Å². The van der Waals surface area contributed by atoms with Crippen LogP contribution in [0.2, 0.25) is 0 Å². The molecule has 0 amide bonds. The molecule has 2 fully saturated rings. The topological polar surface area (TPSA) is 94.6 Å². The van der Waals surface area contributed by atoms with E-state index in [1.165, 1.54) is 12.5 Å². The molecule has 5 heterocycles. The van der Waals surface area contributed by atoms with Gasteiger partial charge in [-0.2, -0.15) is 0 Å². The molecule has 8 heteroatoms. The quantitative estimate of drug-likeness (QED) is 0.251. The number of nitrogens with zero attached hydrogens (tertiary/aromatic N) is 2. The lowest BCUT2D eigenvalue weighted by atomic mass is 10.1. The maximum atomic E-state index is 15.2.